The lowest BCUT2D eigenvalue weighted by atomic mass is 9.98. The second-order valence-corrected chi connectivity index (χ2v) is 5.49. The Bertz CT molecular complexity index is 772. The van der Waals surface area contributed by atoms with Crippen LogP contribution in [0.1, 0.15) is 51.5 Å². The van der Waals surface area contributed by atoms with Gasteiger partial charge in [-0.1, -0.05) is 30.9 Å². The zero-order valence-corrected chi connectivity index (χ0v) is 12.5. The smallest absolute Gasteiger partial charge is 0.163 e. The number of hydrogen-bond donors (Lipinski definition) is 0. The Morgan fingerprint density at radius 1 is 1.10 bits per heavy atom. The molecule has 2 aromatic rings. The molecule has 0 saturated carbocycles. The Labute approximate surface area is 126 Å². The van der Waals surface area contributed by atoms with E-state index >= 15 is 0 Å². The predicted molar refractivity (Wildman–Crippen MR) is 85.6 cm³/mol. The Morgan fingerprint density at radius 3 is 2.76 bits per heavy atom. The first-order valence-corrected chi connectivity index (χ1v) is 7.45. The van der Waals surface area contributed by atoms with Gasteiger partial charge in [0.05, 0.1) is 0 Å². The normalized spacial score (nSPS) is 12.8. The summed E-state index contributed by atoms with van der Waals surface area (Å²) >= 11 is 0. The van der Waals surface area contributed by atoms with Crippen LogP contribution in [0.2, 0.25) is 0 Å². The van der Waals surface area contributed by atoms with Crippen LogP contribution in [0.15, 0.2) is 36.4 Å². The number of benzene rings is 2. The van der Waals surface area contributed by atoms with Crippen molar-refractivity contribution in [2.24, 2.45) is 0 Å². The zero-order chi connectivity index (χ0) is 14.8. The van der Waals surface area contributed by atoms with Gasteiger partial charge in [0, 0.05) is 23.1 Å². The molecule has 1 aliphatic carbocycles. The van der Waals surface area contributed by atoms with Gasteiger partial charge in [0.2, 0.25) is 0 Å². The molecule has 0 saturated heterocycles. The molecule has 0 aliphatic heterocycles. The van der Waals surface area contributed by atoms with Crippen LogP contribution in [0, 0.1) is 18.8 Å². The van der Waals surface area contributed by atoms with E-state index in [0.717, 1.165) is 35.1 Å². The van der Waals surface area contributed by atoms with Crippen molar-refractivity contribution in [1.82, 2.24) is 0 Å². The van der Waals surface area contributed by atoms with E-state index in [9.17, 15) is 4.79 Å². The molecule has 0 fully saturated rings. The Morgan fingerprint density at radius 2 is 1.95 bits per heavy atom. The highest BCUT2D eigenvalue weighted by molar-refractivity contribution is 6.01. The molecule has 1 nitrogen and oxygen atoms in total. The Kier molecular flexibility index (Phi) is 3.62. The molecule has 0 atom stereocenters. The summed E-state index contributed by atoms with van der Waals surface area (Å²) in [5, 5.41) is 0. The van der Waals surface area contributed by atoms with Crippen molar-refractivity contribution >= 4 is 5.78 Å². The average molecular weight is 274 g/mol. The Hall–Kier alpha value is -2.33. The van der Waals surface area contributed by atoms with Gasteiger partial charge in [-0.3, -0.25) is 4.79 Å². The monoisotopic (exact) mass is 274 g/mol. The molecule has 0 bridgehead atoms. The molecule has 0 N–H and O–H groups in total. The van der Waals surface area contributed by atoms with Gasteiger partial charge in [0.25, 0.3) is 0 Å². The summed E-state index contributed by atoms with van der Waals surface area (Å²) in [5.41, 5.74) is 6.63. The maximum atomic E-state index is 11.7. The molecule has 0 unspecified atom stereocenters. The molecule has 21 heavy (non-hydrogen) atoms. The average Bonchev–Trinajstić information content (AvgIpc) is 2.89. The molecule has 104 valence electrons. The van der Waals surface area contributed by atoms with Crippen LogP contribution >= 0.6 is 0 Å². The van der Waals surface area contributed by atoms with E-state index in [-0.39, 0.29) is 5.78 Å². The van der Waals surface area contributed by atoms with Gasteiger partial charge in [0.15, 0.2) is 5.78 Å². The van der Waals surface area contributed by atoms with Crippen LogP contribution in [-0.4, -0.2) is 5.78 Å². The van der Waals surface area contributed by atoms with E-state index in [1.807, 2.05) is 18.2 Å². The van der Waals surface area contributed by atoms with Crippen LogP contribution in [0.5, 0.6) is 0 Å². The summed E-state index contributed by atoms with van der Waals surface area (Å²) in [7, 11) is 0. The number of aryl methyl sites for hydroxylation is 1. The lowest BCUT2D eigenvalue weighted by Gasteiger charge is -2.05. The van der Waals surface area contributed by atoms with Gasteiger partial charge in [0.1, 0.15) is 0 Å². The summed E-state index contributed by atoms with van der Waals surface area (Å²) in [6, 6.07) is 12.3. The fraction of sp³-hybridized carbons (Fsp3) is 0.250. The van der Waals surface area contributed by atoms with Crippen LogP contribution in [0.4, 0.5) is 0 Å². The third-order valence-electron chi connectivity index (χ3n) is 4.18. The van der Waals surface area contributed by atoms with E-state index in [4.69, 9.17) is 0 Å². The second-order valence-electron chi connectivity index (χ2n) is 5.49. The van der Waals surface area contributed by atoms with E-state index < -0.39 is 0 Å². The second kappa shape index (κ2) is 5.58. The number of rotatable bonds is 1. The van der Waals surface area contributed by atoms with Crippen LogP contribution < -0.4 is 0 Å². The molecule has 0 aromatic heterocycles. The highest BCUT2D eigenvalue weighted by atomic mass is 16.1. The Balaban J connectivity index is 1.96. The van der Waals surface area contributed by atoms with Crippen molar-refractivity contribution in [3.05, 3.63) is 69.8 Å². The van der Waals surface area contributed by atoms with Gasteiger partial charge in [-0.05, 0) is 60.7 Å². The van der Waals surface area contributed by atoms with Crippen molar-refractivity contribution in [2.75, 3.05) is 0 Å². The highest BCUT2D eigenvalue weighted by Gasteiger charge is 2.21. The zero-order valence-electron chi connectivity index (χ0n) is 12.5. The summed E-state index contributed by atoms with van der Waals surface area (Å²) < 4.78 is 0. The van der Waals surface area contributed by atoms with E-state index in [1.165, 1.54) is 11.1 Å². The third kappa shape index (κ3) is 2.62. The number of Topliss-reactive ketones (excluding diaryl/α,β-unsaturated/α-hetero) is 1. The van der Waals surface area contributed by atoms with Gasteiger partial charge < -0.3 is 0 Å². The fourth-order valence-corrected chi connectivity index (χ4v) is 2.86. The first-order chi connectivity index (χ1) is 10.2. The molecule has 2 aromatic carbocycles. The molecule has 0 radical (unpaired) electrons. The third-order valence-corrected chi connectivity index (χ3v) is 4.18. The minimum absolute atomic E-state index is 0.267. The lowest BCUT2D eigenvalue weighted by molar-refractivity contribution is 0.0994. The minimum Gasteiger partial charge on any atom is -0.294 e. The SMILES string of the molecule is CCc1cccc(C#Cc2ccc3c(c2C)CCC3=O)c1. The summed E-state index contributed by atoms with van der Waals surface area (Å²) in [6.07, 6.45) is 2.53. The van der Waals surface area contributed by atoms with E-state index in [2.05, 4.69) is 43.9 Å². The molecule has 1 heteroatoms. The molecular formula is C20H18O. The number of ketones is 1. The van der Waals surface area contributed by atoms with Gasteiger partial charge in [-0.25, -0.2) is 0 Å². The van der Waals surface area contributed by atoms with Crippen molar-refractivity contribution in [2.45, 2.75) is 33.1 Å². The number of hydrogen-bond acceptors (Lipinski definition) is 1. The molecule has 0 heterocycles. The summed E-state index contributed by atoms with van der Waals surface area (Å²) in [4.78, 5) is 11.7. The van der Waals surface area contributed by atoms with Crippen LogP contribution in [0.25, 0.3) is 0 Å². The lowest BCUT2D eigenvalue weighted by Crippen LogP contribution is -1.95. The largest absolute Gasteiger partial charge is 0.294 e. The predicted octanol–water partition coefficient (Wildman–Crippen LogP) is 4.09. The molecule has 1 aliphatic rings. The standard InChI is InChI=1S/C20H18O/c1-3-15-5-4-6-16(13-15)7-8-17-9-10-19-18(14(17)2)11-12-20(19)21/h4-6,9-10,13H,3,11-12H2,1-2H3. The van der Waals surface area contributed by atoms with Crippen molar-refractivity contribution in [3.63, 3.8) is 0 Å². The van der Waals surface area contributed by atoms with Crippen molar-refractivity contribution < 1.29 is 4.79 Å². The topological polar surface area (TPSA) is 17.1 Å². The molecule has 0 spiro atoms. The van der Waals surface area contributed by atoms with Gasteiger partial charge >= 0.3 is 0 Å². The van der Waals surface area contributed by atoms with Crippen LogP contribution in [0.3, 0.4) is 0 Å². The quantitative estimate of drug-likeness (QED) is 0.716. The molecule has 0 amide bonds. The van der Waals surface area contributed by atoms with E-state index in [0.29, 0.717) is 6.42 Å². The first kappa shape index (κ1) is 13.6. The number of carbonyl (C=O) groups is 1. The minimum atomic E-state index is 0.267. The van der Waals surface area contributed by atoms with Gasteiger partial charge in [-0.2, -0.15) is 0 Å². The van der Waals surface area contributed by atoms with Crippen molar-refractivity contribution in [1.29, 1.82) is 0 Å². The van der Waals surface area contributed by atoms with Crippen LogP contribution in [-0.2, 0) is 12.8 Å². The summed E-state index contributed by atoms with van der Waals surface area (Å²) in [5.74, 6) is 6.77. The summed E-state index contributed by atoms with van der Waals surface area (Å²) in [6.45, 7) is 4.22. The fourth-order valence-electron chi connectivity index (χ4n) is 2.86. The highest BCUT2D eigenvalue weighted by Crippen LogP contribution is 2.27. The van der Waals surface area contributed by atoms with Crippen molar-refractivity contribution in [3.8, 4) is 11.8 Å². The van der Waals surface area contributed by atoms with E-state index in [1.54, 1.807) is 0 Å². The molecule has 3 rings (SSSR count). The number of fused-ring (bicyclic) bond motifs is 1. The van der Waals surface area contributed by atoms with Gasteiger partial charge in [-0.15, -0.1) is 0 Å². The molecular weight excluding hydrogens is 256 g/mol. The maximum Gasteiger partial charge on any atom is 0.163 e. The first-order valence-electron chi connectivity index (χ1n) is 7.45. The number of carbonyl (C=O) groups excluding carboxylic acids is 1. The maximum absolute atomic E-state index is 11.7.